The van der Waals surface area contributed by atoms with E-state index in [-0.39, 0.29) is 17.7 Å². The molecule has 138 valence electrons. The third-order valence-corrected chi connectivity index (χ3v) is 6.07. The Labute approximate surface area is 161 Å². The quantitative estimate of drug-likeness (QED) is 0.701. The highest BCUT2D eigenvalue weighted by Gasteiger charge is 2.33. The van der Waals surface area contributed by atoms with Gasteiger partial charge in [-0.1, -0.05) is 18.2 Å². The monoisotopic (exact) mass is 380 g/mol. The van der Waals surface area contributed by atoms with E-state index in [4.69, 9.17) is 0 Å². The Hall–Kier alpha value is -2.80. The molecule has 0 radical (unpaired) electrons. The van der Waals surface area contributed by atoms with Gasteiger partial charge in [0.05, 0.1) is 11.1 Å². The first-order chi connectivity index (χ1) is 13.1. The molecule has 27 heavy (non-hydrogen) atoms. The minimum atomic E-state index is -0.106. The number of benzene rings is 1. The van der Waals surface area contributed by atoms with Gasteiger partial charge < -0.3 is 9.80 Å². The van der Waals surface area contributed by atoms with E-state index in [1.807, 2.05) is 23.1 Å². The molecule has 3 heterocycles. The Kier molecular flexibility index (Phi) is 4.61. The SMILES string of the molecule is CN(C)C(=O)c1sc2ccccc2c1[C@H]1CCN(C(=O)c2cnccn2)C1. The van der Waals surface area contributed by atoms with Crippen LogP contribution in [0, 0.1) is 0 Å². The molecule has 0 aliphatic carbocycles. The molecule has 3 aromatic rings. The number of aromatic nitrogens is 2. The fourth-order valence-electron chi connectivity index (χ4n) is 3.58. The molecule has 1 aliphatic heterocycles. The van der Waals surface area contributed by atoms with Crippen molar-refractivity contribution < 1.29 is 9.59 Å². The Balaban J connectivity index is 1.68. The number of likely N-dealkylation sites (tertiary alicyclic amines) is 1. The van der Waals surface area contributed by atoms with Gasteiger partial charge in [0, 0.05) is 50.2 Å². The van der Waals surface area contributed by atoms with Gasteiger partial charge in [0.25, 0.3) is 11.8 Å². The largest absolute Gasteiger partial charge is 0.344 e. The summed E-state index contributed by atoms with van der Waals surface area (Å²) in [6, 6.07) is 8.11. The van der Waals surface area contributed by atoms with Crippen LogP contribution in [-0.2, 0) is 0 Å². The predicted molar refractivity (Wildman–Crippen MR) is 105 cm³/mol. The van der Waals surface area contributed by atoms with Crippen molar-refractivity contribution in [3.8, 4) is 0 Å². The minimum absolute atomic E-state index is 0.0184. The number of nitrogens with zero attached hydrogens (tertiary/aromatic N) is 4. The average Bonchev–Trinajstić information content (AvgIpc) is 3.31. The van der Waals surface area contributed by atoms with E-state index in [9.17, 15) is 9.59 Å². The smallest absolute Gasteiger partial charge is 0.274 e. The maximum atomic E-state index is 12.8. The highest BCUT2D eigenvalue weighted by atomic mass is 32.1. The Morgan fingerprint density at radius 1 is 1.22 bits per heavy atom. The third-order valence-electron chi connectivity index (χ3n) is 4.90. The van der Waals surface area contributed by atoms with E-state index >= 15 is 0 Å². The zero-order valence-electron chi connectivity index (χ0n) is 15.3. The topological polar surface area (TPSA) is 66.4 Å². The highest BCUT2D eigenvalue weighted by molar-refractivity contribution is 7.21. The van der Waals surface area contributed by atoms with Crippen LogP contribution in [0.25, 0.3) is 10.1 Å². The minimum Gasteiger partial charge on any atom is -0.344 e. The lowest BCUT2D eigenvalue weighted by molar-refractivity contribution is 0.0784. The summed E-state index contributed by atoms with van der Waals surface area (Å²) in [6.07, 6.45) is 5.41. The maximum Gasteiger partial charge on any atom is 0.274 e. The molecule has 2 amide bonds. The summed E-state index contributed by atoms with van der Waals surface area (Å²) >= 11 is 1.54. The van der Waals surface area contributed by atoms with Crippen LogP contribution in [0.5, 0.6) is 0 Å². The zero-order valence-corrected chi connectivity index (χ0v) is 16.1. The standard InChI is InChI=1S/C20H20N4O2S/c1-23(2)20(26)18-17(14-5-3-4-6-16(14)27-18)13-7-10-24(12-13)19(25)15-11-21-8-9-22-15/h3-6,8-9,11,13H,7,10,12H2,1-2H3/t13-/m0/s1. The van der Waals surface area contributed by atoms with Crippen molar-refractivity contribution in [2.24, 2.45) is 0 Å². The van der Waals surface area contributed by atoms with Crippen LogP contribution in [-0.4, -0.2) is 58.8 Å². The number of rotatable bonds is 3. The fourth-order valence-corrected chi connectivity index (χ4v) is 4.90. The van der Waals surface area contributed by atoms with Crippen molar-refractivity contribution in [1.82, 2.24) is 19.8 Å². The molecule has 1 aromatic carbocycles. The van der Waals surface area contributed by atoms with Crippen molar-refractivity contribution in [3.05, 3.63) is 59.0 Å². The molecular formula is C20H20N4O2S. The Morgan fingerprint density at radius 2 is 2.04 bits per heavy atom. The lowest BCUT2D eigenvalue weighted by Crippen LogP contribution is -2.29. The number of hydrogen-bond donors (Lipinski definition) is 0. The molecule has 0 N–H and O–H groups in total. The van der Waals surface area contributed by atoms with Crippen LogP contribution in [0.1, 0.15) is 38.1 Å². The van der Waals surface area contributed by atoms with Gasteiger partial charge >= 0.3 is 0 Å². The summed E-state index contributed by atoms with van der Waals surface area (Å²) in [5, 5.41) is 1.12. The van der Waals surface area contributed by atoms with Crippen LogP contribution >= 0.6 is 11.3 Å². The van der Waals surface area contributed by atoms with E-state index < -0.39 is 0 Å². The summed E-state index contributed by atoms with van der Waals surface area (Å²) in [7, 11) is 3.55. The molecule has 4 rings (SSSR count). The molecule has 0 spiro atoms. The van der Waals surface area contributed by atoms with Gasteiger partial charge in [-0.2, -0.15) is 0 Å². The van der Waals surface area contributed by atoms with Gasteiger partial charge in [0.1, 0.15) is 5.69 Å². The first-order valence-electron chi connectivity index (χ1n) is 8.84. The van der Waals surface area contributed by atoms with Gasteiger partial charge in [-0.05, 0) is 23.4 Å². The van der Waals surface area contributed by atoms with Gasteiger partial charge in [0.15, 0.2) is 0 Å². The van der Waals surface area contributed by atoms with Crippen molar-refractivity contribution in [3.63, 3.8) is 0 Å². The summed E-state index contributed by atoms with van der Waals surface area (Å²) in [6.45, 7) is 1.24. The summed E-state index contributed by atoms with van der Waals surface area (Å²) < 4.78 is 1.11. The number of carbonyl (C=O) groups excluding carboxylic acids is 2. The summed E-state index contributed by atoms with van der Waals surface area (Å²) in [4.78, 5) is 37.8. The second-order valence-corrected chi connectivity index (χ2v) is 7.92. The van der Waals surface area contributed by atoms with E-state index in [0.29, 0.717) is 18.8 Å². The third kappa shape index (κ3) is 3.19. The van der Waals surface area contributed by atoms with Crippen molar-refractivity contribution in [2.75, 3.05) is 27.2 Å². The predicted octanol–water partition coefficient (Wildman–Crippen LogP) is 3.02. The second-order valence-electron chi connectivity index (χ2n) is 6.87. The molecule has 0 saturated carbocycles. The zero-order chi connectivity index (χ0) is 19.0. The number of hydrogen-bond acceptors (Lipinski definition) is 5. The van der Waals surface area contributed by atoms with E-state index in [1.165, 1.54) is 23.7 Å². The van der Waals surface area contributed by atoms with Crippen molar-refractivity contribution in [1.29, 1.82) is 0 Å². The van der Waals surface area contributed by atoms with Crippen LogP contribution in [0.3, 0.4) is 0 Å². The van der Waals surface area contributed by atoms with E-state index in [0.717, 1.165) is 26.9 Å². The Morgan fingerprint density at radius 3 is 2.78 bits per heavy atom. The lowest BCUT2D eigenvalue weighted by atomic mass is 9.95. The van der Waals surface area contributed by atoms with Gasteiger partial charge in [0.2, 0.25) is 0 Å². The number of thiophene rings is 1. The van der Waals surface area contributed by atoms with Gasteiger partial charge in [-0.3, -0.25) is 14.6 Å². The first kappa shape index (κ1) is 17.6. The maximum absolute atomic E-state index is 12.8. The Bertz CT molecular complexity index is 1000. The molecule has 1 fully saturated rings. The number of amides is 2. The molecule has 1 saturated heterocycles. The van der Waals surface area contributed by atoms with Crippen LogP contribution in [0.15, 0.2) is 42.9 Å². The highest BCUT2D eigenvalue weighted by Crippen LogP contribution is 2.40. The number of fused-ring (bicyclic) bond motifs is 1. The lowest BCUT2D eigenvalue weighted by Gasteiger charge is -2.17. The van der Waals surface area contributed by atoms with Gasteiger partial charge in [-0.15, -0.1) is 11.3 Å². The van der Waals surface area contributed by atoms with Crippen LogP contribution in [0.2, 0.25) is 0 Å². The molecule has 1 atom stereocenters. The van der Waals surface area contributed by atoms with Crippen molar-refractivity contribution in [2.45, 2.75) is 12.3 Å². The van der Waals surface area contributed by atoms with Crippen molar-refractivity contribution >= 4 is 33.2 Å². The average molecular weight is 380 g/mol. The van der Waals surface area contributed by atoms with E-state index in [1.54, 1.807) is 25.2 Å². The normalized spacial score (nSPS) is 16.7. The molecular weight excluding hydrogens is 360 g/mol. The molecule has 0 unspecified atom stereocenters. The van der Waals surface area contributed by atoms with Crippen LogP contribution in [0.4, 0.5) is 0 Å². The second kappa shape index (κ2) is 7.08. The van der Waals surface area contributed by atoms with Crippen LogP contribution < -0.4 is 0 Å². The molecule has 1 aliphatic rings. The molecule has 2 aromatic heterocycles. The molecule has 6 nitrogen and oxygen atoms in total. The number of carbonyl (C=O) groups is 2. The fraction of sp³-hybridized carbons (Fsp3) is 0.300. The van der Waals surface area contributed by atoms with Gasteiger partial charge in [-0.25, -0.2) is 4.98 Å². The molecule has 0 bridgehead atoms. The first-order valence-corrected chi connectivity index (χ1v) is 9.66. The summed E-state index contributed by atoms with van der Waals surface area (Å²) in [5.41, 5.74) is 1.43. The summed E-state index contributed by atoms with van der Waals surface area (Å²) in [5.74, 6) is 0.0520. The molecule has 7 heteroatoms. The van der Waals surface area contributed by atoms with E-state index in [2.05, 4.69) is 16.0 Å².